The van der Waals surface area contributed by atoms with Gasteiger partial charge in [0.25, 0.3) is 0 Å². The van der Waals surface area contributed by atoms with Crippen LogP contribution in [0.5, 0.6) is 17.2 Å². The van der Waals surface area contributed by atoms with Gasteiger partial charge in [-0.25, -0.2) is 4.39 Å². The lowest BCUT2D eigenvalue weighted by atomic mass is 9.87. The lowest BCUT2D eigenvalue weighted by molar-refractivity contribution is -0.125. The number of likely N-dealkylation sites (tertiary alicyclic amines) is 1. The second-order valence-electron chi connectivity index (χ2n) is 8.70. The number of benzene rings is 3. The average Bonchev–Trinajstić information content (AvgIpc) is 3.38. The minimum atomic E-state index is -0.405. The van der Waals surface area contributed by atoms with Crippen molar-refractivity contribution < 1.29 is 23.4 Å². The molecule has 1 fully saturated rings. The van der Waals surface area contributed by atoms with Gasteiger partial charge in [-0.05, 0) is 60.2 Å². The largest absolute Gasteiger partial charge is 0.497 e. The Morgan fingerprint density at radius 1 is 0.973 bits per heavy atom. The monoisotopic (exact) mass is 523 g/mol. The van der Waals surface area contributed by atoms with Crippen LogP contribution in [0, 0.1) is 11.7 Å². The number of nitrogens with zero attached hydrogens (tertiary/aromatic N) is 1. The molecule has 3 aromatic rings. The Labute approximate surface area is 221 Å². The second kappa shape index (κ2) is 11.9. The summed E-state index contributed by atoms with van der Waals surface area (Å²) in [5.41, 5.74) is 2.51. The first kappa shape index (κ1) is 26.2. The third kappa shape index (κ3) is 6.11. The Bertz CT molecular complexity index is 1240. The Hall–Kier alpha value is -3.85. The topological polar surface area (TPSA) is 72.1 Å². The van der Waals surface area contributed by atoms with E-state index in [-0.39, 0.29) is 17.6 Å². The molecule has 7 nitrogen and oxygen atoms in total. The van der Waals surface area contributed by atoms with Crippen molar-refractivity contribution in [1.29, 1.82) is 0 Å². The minimum Gasteiger partial charge on any atom is -0.497 e. The third-order valence-electron chi connectivity index (χ3n) is 6.50. The number of hydrogen-bond acceptors (Lipinski definition) is 5. The Balaban J connectivity index is 1.56. The van der Waals surface area contributed by atoms with Gasteiger partial charge in [0.05, 0.1) is 27.2 Å². The highest BCUT2D eigenvalue weighted by atomic mass is 32.1. The highest BCUT2D eigenvalue weighted by Crippen LogP contribution is 2.42. The van der Waals surface area contributed by atoms with Crippen LogP contribution in [0.25, 0.3) is 0 Å². The summed E-state index contributed by atoms with van der Waals surface area (Å²) in [5.74, 6) is 0.912. The number of amides is 1. The summed E-state index contributed by atoms with van der Waals surface area (Å²) in [7, 11) is 4.79. The average molecular weight is 524 g/mol. The zero-order valence-corrected chi connectivity index (χ0v) is 21.8. The van der Waals surface area contributed by atoms with Crippen molar-refractivity contribution in [1.82, 2.24) is 10.2 Å². The molecular weight excluding hydrogens is 493 g/mol. The van der Waals surface area contributed by atoms with E-state index < -0.39 is 5.92 Å². The summed E-state index contributed by atoms with van der Waals surface area (Å²) in [6.07, 6.45) is 0. The quantitative estimate of drug-likeness (QED) is 0.419. The molecule has 0 radical (unpaired) electrons. The van der Waals surface area contributed by atoms with Crippen molar-refractivity contribution in [3.63, 3.8) is 0 Å². The summed E-state index contributed by atoms with van der Waals surface area (Å²) in [5, 5.41) is 6.79. The predicted octanol–water partition coefficient (Wildman–Crippen LogP) is 4.58. The van der Waals surface area contributed by atoms with Crippen LogP contribution in [-0.2, 0) is 11.3 Å². The van der Waals surface area contributed by atoms with Crippen LogP contribution in [-0.4, -0.2) is 50.3 Å². The maximum Gasteiger partial charge on any atom is 0.225 e. The van der Waals surface area contributed by atoms with Gasteiger partial charge >= 0.3 is 0 Å². The van der Waals surface area contributed by atoms with E-state index in [1.165, 1.54) is 12.1 Å². The van der Waals surface area contributed by atoms with E-state index in [2.05, 4.69) is 10.6 Å². The molecule has 0 aliphatic carbocycles. The number of carbonyl (C=O) groups excluding carboxylic acids is 1. The molecule has 4 rings (SSSR count). The van der Waals surface area contributed by atoms with Crippen molar-refractivity contribution in [3.8, 4) is 17.2 Å². The number of rotatable bonds is 8. The molecule has 0 bridgehead atoms. The van der Waals surface area contributed by atoms with E-state index in [0.29, 0.717) is 36.2 Å². The van der Waals surface area contributed by atoms with Gasteiger partial charge in [0.15, 0.2) is 16.6 Å². The number of anilines is 1. The molecule has 37 heavy (non-hydrogen) atoms. The third-order valence-corrected chi connectivity index (χ3v) is 6.86. The number of hydrogen-bond donors (Lipinski definition) is 2. The first-order chi connectivity index (χ1) is 17.9. The lowest BCUT2D eigenvalue weighted by Crippen LogP contribution is -2.36. The molecule has 0 spiro atoms. The van der Waals surface area contributed by atoms with Gasteiger partial charge in [-0.15, -0.1) is 0 Å². The van der Waals surface area contributed by atoms with Crippen molar-refractivity contribution in [3.05, 3.63) is 83.7 Å². The molecule has 194 valence electrons. The lowest BCUT2D eigenvalue weighted by Gasteiger charge is -2.22. The maximum absolute atomic E-state index is 13.5. The van der Waals surface area contributed by atoms with Gasteiger partial charge in [-0.2, -0.15) is 0 Å². The highest BCUT2D eigenvalue weighted by molar-refractivity contribution is 7.80. The van der Waals surface area contributed by atoms with Gasteiger partial charge in [0, 0.05) is 36.8 Å². The van der Waals surface area contributed by atoms with E-state index in [9.17, 15) is 9.18 Å². The number of methoxy groups -OCH3 is 3. The maximum atomic E-state index is 13.5. The number of carbonyl (C=O) groups is 1. The van der Waals surface area contributed by atoms with Gasteiger partial charge in [-0.1, -0.05) is 24.3 Å². The van der Waals surface area contributed by atoms with Gasteiger partial charge in [-0.3, -0.25) is 4.79 Å². The molecule has 9 heteroatoms. The summed E-state index contributed by atoms with van der Waals surface area (Å²) in [4.78, 5) is 15.5. The molecule has 1 heterocycles. The van der Waals surface area contributed by atoms with Crippen LogP contribution >= 0.6 is 12.2 Å². The smallest absolute Gasteiger partial charge is 0.225 e. The number of thiocarbonyl (C=S) groups is 1. The molecular formula is C28H30FN3O4S. The molecule has 2 atom stereocenters. The number of ether oxygens (including phenoxy) is 3. The SMILES string of the molecule is COc1ccc(NC(=S)N2CC(C(=O)NCc3ccc(F)cc3)C(c3cccc(OC)c3OC)C2)cc1. The normalized spacial score (nSPS) is 16.7. The van der Waals surface area contributed by atoms with Crippen LogP contribution in [0.3, 0.4) is 0 Å². The van der Waals surface area contributed by atoms with Crippen LogP contribution in [0.15, 0.2) is 66.7 Å². The molecule has 3 aromatic carbocycles. The predicted molar refractivity (Wildman–Crippen MR) is 145 cm³/mol. The van der Waals surface area contributed by atoms with E-state index in [1.807, 2.05) is 47.4 Å². The zero-order valence-electron chi connectivity index (χ0n) is 21.0. The molecule has 1 amide bonds. The molecule has 1 aliphatic heterocycles. The Kier molecular flexibility index (Phi) is 8.45. The Morgan fingerprint density at radius 2 is 1.70 bits per heavy atom. The zero-order chi connectivity index (χ0) is 26.4. The van der Waals surface area contributed by atoms with Crippen molar-refractivity contribution >= 4 is 28.9 Å². The fourth-order valence-electron chi connectivity index (χ4n) is 4.55. The van der Waals surface area contributed by atoms with E-state index in [1.54, 1.807) is 33.5 Å². The first-order valence-electron chi connectivity index (χ1n) is 11.9. The number of halogens is 1. The highest BCUT2D eigenvalue weighted by Gasteiger charge is 2.41. The molecule has 0 aromatic heterocycles. The summed E-state index contributed by atoms with van der Waals surface area (Å²) < 4.78 is 29.7. The van der Waals surface area contributed by atoms with Crippen LogP contribution in [0.1, 0.15) is 17.0 Å². The molecule has 1 aliphatic rings. The van der Waals surface area contributed by atoms with Crippen molar-refractivity contribution in [2.24, 2.45) is 5.92 Å². The molecule has 2 N–H and O–H groups in total. The van der Waals surface area contributed by atoms with Crippen LogP contribution in [0.4, 0.5) is 10.1 Å². The van der Waals surface area contributed by atoms with Crippen LogP contribution in [0.2, 0.25) is 0 Å². The van der Waals surface area contributed by atoms with Gasteiger partial charge < -0.3 is 29.7 Å². The first-order valence-corrected chi connectivity index (χ1v) is 12.3. The van der Waals surface area contributed by atoms with E-state index in [4.69, 9.17) is 26.4 Å². The van der Waals surface area contributed by atoms with Gasteiger partial charge in [0.1, 0.15) is 11.6 Å². The fraction of sp³-hybridized carbons (Fsp3) is 0.286. The second-order valence-corrected chi connectivity index (χ2v) is 9.09. The summed E-state index contributed by atoms with van der Waals surface area (Å²) >= 11 is 5.72. The summed E-state index contributed by atoms with van der Waals surface area (Å²) in [6.45, 7) is 1.23. The molecule has 1 saturated heterocycles. The summed E-state index contributed by atoms with van der Waals surface area (Å²) in [6, 6.07) is 19.2. The Morgan fingerprint density at radius 3 is 2.35 bits per heavy atom. The molecule has 2 unspecified atom stereocenters. The number of nitrogens with one attached hydrogen (secondary N) is 2. The number of para-hydroxylation sites is 1. The molecule has 0 saturated carbocycles. The van der Waals surface area contributed by atoms with Crippen molar-refractivity contribution in [2.45, 2.75) is 12.5 Å². The van der Waals surface area contributed by atoms with Crippen molar-refractivity contribution in [2.75, 3.05) is 39.7 Å². The fourth-order valence-corrected chi connectivity index (χ4v) is 4.82. The standard InChI is InChI=1S/C28H30FN3O4S/c1-34-21-13-11-20(12-14-21)31-28(37)32-16-23(22-5-4-6-25(35-2)26(22)36-3)24(17-32)27(33)30-15-18-7-9-19(29)10-8-18/h4-14,23-24H,15-17H2,1-3H3,(H,30,33)(H,31,37). The minimum absolute atomic E-state index is 0.117. The van der Waals surface area contributed by atoms with E-state index >= 15 is 0 Å². The van der Waals surface area contributed by atoms with E-state index in [0.717, 1.165) is 22.6 Å². The van der Waals surface area contributed by atoms with Crippen LogP contribution < -0.4 is 24.8 Å². The van der Waals surface area contributed by atoms with Gasteiger partial charge in [0.2, 0.25) is 5.91 Å².